The summed E-state index contributed by atoms with van der Waals surface area (Å²) in [6.07, 6.45) is 4.01. The molecule has 0 saturated carbocycles. The number of amides is 1. The summed E-state index contributed by atoms with van der Waals surface area (Å²) in [7, 11) is 0. The molecule has 4 heteroatoms. The van der Waals surface area contributed by atoms with E-state index < -0.39 is 5.79 Å². The predicted octanol–water partition coefficient (Wildman–Crippen LogP) is 2.47. The van der Waals surface area contributed by atoms with Gasteiger partial charge in [-0.2, -0.15) is 0 Å². The van der Waals surface area contributed by atoms with E-state index >= 15 is 0 Å². The quantitative estimate of drug-likeness (QED) is 0.762. The second-order valence-corrected chi connectivity index (χ2v) is 5.47. The summed E-state index contributed by atoms with van der Waals surface area (Å²) in [6.45, 7) is 9.13. The minimum absolute atomic E-state index is 0.0205. The monoisotopic (exact) mass is 257 g/mol. The van der Waals surface area contributed by atoms with Crippen LogP contribution in [0.2, 0.25) is 0 Å². The summed E-state index contributed by atoms with van der Waals surface area (Å²) >= 11 is 0. The van der Waals surface area contributed by atoms with Gasteiger partial charge in [0.25, 0.3) is 0 Å². The average molecular weight is 257 g/mol. The standard InChI is InChI=1S/C14H27NO3/c1-5-7-11(8-6-2)13(16)15-9-12-10-17-14(3,4)18-12/h11-12H,5-10H2,1-4H3,(H,15,16). The van der Waals surface area contributed by atoms with E-state index in [0.29, 0.717) is 13.2 Å². The average Bonchev–Trinajstić information content (AvgIpc) is 2.66. The molecule has 0 aromatic carbocycles. The number of hydrogen-bond acceptors (Lipinski definition) is 3. The molecule has 0 spiro atoms. The van der Waals surface area contributed by atoms with Crippen LogP contribution in [0, 0.1) is 5.92 Å². The van der Waals surface area contributed by atoms with Gasteiger partial charge in [-0.25, -0.2) is 0 Å². The molecule has 106 valence electrons. The molecule has 0 radical (unpaired) electrons. The van der Waals surface area contributed by atoms with Crippen LogP contribution in [0.1, 0.15) is 53.4 Å². The topological polar surface area (TPSA) is 47.6 Å². The molecule has 1 aliphatic rings. The van der Waals surface area contributed by atoms with Gasteiger partial charge < -0.3 is 14.8 Å². The zero-order valence-electron chi connectivity index (χ0n) is 12.1. The van der Waals surface area contributed by atoms with E-state index in [1.807, 2.05) is 13.8 Å². The second kappa shape index (κ2) is 7.10. The van der Waals surface area contributed by atoms with Crippen molar-refractivity contribution in [3.8, 4) is 0 Å². The van der Waals surface area contributed by atoms with Crippen molar-refractivity contribution >= 4 is 5.91 Å². The van der Waals surface area contributed by atoms with Gasteiger partial charge in [0.05, 0.1) is 6.61 Å². The number of ether oxygens (including phenoxy) is 2. The molecule has 1 fully saturated rings. The Morgan fingerprint density at radius 2 is 1.94 bits per heavy atom. The summed E-state index contributed by atoms with van der Waals surface area (Å²) in [4.78, 5) is 12.0. The van der Waals surface area contributed by atoms with Gasteiger partial charge in [0.2, 0.25) is 5.91 Å². The van der Waals surface area contributed by atoms with Gasteiger partial charge in [-0.05, 0) is 26.7 Å². The van der Waals surface area contributed by atoms with Gasteiger partial charge in [0, 0.05) is 12.5 Å². The fourth-order valence-corrected chi connectivity index (χ4v) is 2.33. The highest BCUT2D eigenvalue weighted by atomic mass is 16.7. The number of hydrogen-bond donors (Lipinski definition) is 1. The van der Waals surface area contributed by atoms with Gasteiger partial charge in [-0.1, -0.05) is 26.7 Å². The van der Waals surface area contributed by atoms with Crippen LogP contribution >= 0.6 is 0 Å². The van der Waals surface area contributed by atoms with Gasteiger partial charge in [-0.15, -0.1) is 0 Å². The fourth-order valence-electron chi connectivity index (χ4n) is 2.33. The molecule has 18 heavy (non-hydrogen) atoms. The Labute approximate surface area is 110 Å². The molecule has 0 bridgehead atoms. The maximum atomic E-state index is 12.0. The van der Waals surface area contributed by atoms with Crippen molar-refractivity contribution in [3.05, 3.63) is 0 Å². The molecule has 4 nitrogen and oxygen atoms in total. The minimum Gasteiger partial charge on any atom is -0.353 e. The lowest BCUT2D eigenvalue weighted by molar-refractivity contribution is -0.140. The Morgan fingerprint density at radius 1 is 1.33 bits per heavy atom. The highest BCUT2D eigenvalue weighted by Crippen LogP contribution is 2.22. The third-order valence-electron chi connectivity index (χ3n) is 3.22. The minimum atomic E-state index is -0.512. The molecule has 1 rings (SSSR count). The molecule has 1 N–H and O–H groups in total. The molecule has 0 aromatic heterocycles. The van der Waals surface area contributed by atoms with Gasteiger partial charge in [0.1, 0.15) is 6.10 Å². The van der Waals surface area contributed by atoms with Crippen LogP contribution in [0.15, 0.2) is 0 Å². The van der Waals surface area contributed by atoms with E-state index in [1.165, 1.54) is 0 Å². The largest absolute Gasteiger partial charge is 0.353 e. The summed E-state index contributed by atoms with van der Waals surface area (Å²) in [5, 5.41) is 2.99. The van der Waals surface area contributed by atoms with Gasteiger partial charge in [0.15, 0.2) is 5.79 Å². The first-order valence-corrected chi connectivity index (χ1v) is 7.08. The van der Waals surface area contributed by atoms with Crippen molar-refractivity contribution in [2.45, 2.75) is 65.3 Å². The highest BCUT2D eigenvalue weighted by Gasteiger charge is 2.32. The molecule has 0 aromatic rings. The summed E-state index contributed by atoms with van der Waals surface area (Å²) in [6, 6.07) is 0. The van der Waals surface area contributed by atoms with Crippen molar-refractivity contribution in [2.75, 3.05) is 13.2 Å². The van der Waals surface area contributed by atoms with Crippen LogP contribution in [0.4, 0.5) is 0 Å². The molecule has 1 heterocycles. The van der Waals surface area contributed by atoms with Crippen LogP contribution in [0.5, 0.6) is 0 Å². The lowest BCUT2D eigenvalue weighted by Gasteiger charge is -2.19. The fraction of sp³-hybridized carbons (Fsp3) is 0.929. The maximum Gasteiger partial charge on any atom is 0.223 e. The lowest BCUT2D eigenvalue weighted by atomic mass is 9.97. The third-order valence-corrected chi connectivity index (χ3v) is 3.22. The zero-order valence-corrected chi connectivity index (χ0v) is 12.1. The Bertz CT molecular complexity index is 260. The van der Waals surface area contributed by atoms with E-state index in [2.05, 4.69) is 19.2 Å². The molecule has 1 unspecified atom stereocenters. The Balaban J connectivity index is 2.31. The van der Waals surface area contributed by atoms with Crippen molar-refractivity contribution in [1.29, 1.82) is 0 Å². The van der Waals surface area contributed by atoms with Crippen molar-refractivity contribution < 1.29 is 14.3 Å². The molecule has 0 aliphatic carbocycles. The molecular weight excluding hydrogens is 230 g/mol. The summed E-state index contributed by atoms with van der Waals surface area (Å²) in [5.41, 5.74) is 0. The third kappa shape index (κ3) is 4.94. The predicted molar refractivity (Wildman–Crippen MR) is 71.2 cm³/mol. The molecule has 1 saturated heterocycles. The SMILES string of the molecule is CCCC(CCC)C(=O)NCC1COC(C)(C)O1. The van der Waals surface area contributed by atoms with E-state index in [4.69, 9.17) is 9.47 Å². The normalized spacial score (nSPS) is 22.4. The van der Waals surface area contributed by atoms with Crippen molar-refractivity contribution in [1.82, 2.24) is 5.32 Å². The van der Waals surface area contributed by atoms with E-state index in [-0.39, 0.29) is 17.9 Å². The summed E-state index contributed by atoms with van der Waals surface area (Å²) < 4.78 is 11.1. The zero-order chi connectivity index (χ0) is 13.6. The van der Waals surface area contributed by atoms with E-state index in [1.54, 1.807) is 0 Å². The Morgan fingerprint density at radius 3 is 2.39 bits per heavy atom. The van der Waals surface area contributed by atoms with E-state index in [9.17, 15) is 4.79 Å². The molecular formula is C14H27NO3. The van der Waals surface area contributed by atoms with Crippen LogP contribution < -0.4 is 5.32 Å². The maximum absolute atomic E-state index is 12.0. The number of nitrogens with one attached hydrogen (secondary N) is 1. The first kappa shape index (κ1) is 15.4. The number of carbonyl (C=O) groups is 1. The van der Waals surface area contributed by atoms with Gasteiger partial charge >= 0.3 is 0 Å². The molecule has 1 atom stereocenters. The molecule has 1 aliphatic heterocycles. The van der Waals surface area contributed by atoms with Crippen molar-refractivity contribution in [2.24, 2.45) is 5.92 Å². The van der Waals surface area contributed by atoms with E-state index in [0.717, 1.165) is 25.7 Å². The van der Waals surface area contributed by atoms with Crippen LogP contribution in [0.25, 0.3) is 0 Å². The smallest absolute Gasteiger partial charge is 0.223 e. The van der Waals surface area contributed by atoms with Crippen LogP contribution in [-0.4, -0.2) is 30.9 Å². The lowest BCUT2D eigenvalue weighted by Crippen LogP contribution is -2.37. The Hall–Kier alpha value is -0.610. The van der Waals surface area contributed by atoms with Gasteiger partial charge in [-0.3, -0.25) is 4.79 Å². The first-order chi connectivity index (χ1) is 8.48. The number of rotatable bonds is 7. The van der Waals surface area contributed by atoms with Crippen molar-refractivity contribution in [3.63, 3.8) is 0 Å². The first-order valence-electron chi connectivity index (χ1n) is 7.08. The van der Waals surface area contributed by atoms with Crippen LogP contribution in [0.3, 0.4) is 0 Å². The summed E-state index contributed by atoms with van der Waals surface area (Å²) in [5.74, 6) is -0.205. The Kier molecular flexibility index (Phi) is 6.09. The highest BCUT2D eigenvalue weighted by molar-refractivity contribution is 5.78. The van der Waals surface area contributed by atoms with Crippen LogP contribution in [-0.2, 0) is 14.3 Å². The second-order valence-electron chi connectivity index (χ2n) is 5.47. The number of carbonyl (C=O) groups excluding carboxylic acids is 1. The molecule has 1 amide bonds.